The lowest BCUT2D eigenvalue weighted by Gasteiger charge is -2.11. The predicted molar refractivity (Wildman–Crippen MR) is 84.4 cm³/mol. The van der Waals surface area contributed by atoms with E-state index in [1.54, 1.807) is 24.3 Å². The van der Waals surface area contributed by atoms with Crippen LogP contribution < -0.4 is 19.3 Å². The molecule has 0 bridgehead atoms. The van der Waals surface area contributed by atoms with Crippen molar-refractivity contribution in [3.05, 3.63) is 53.8 Å². The average Bonchev–Trinajstić information content (AvgIpc) is 2.59. The van der Waals surface area contributed by atoms with Crippen molar-refractivity contribution in [2.75, 3.05) is 20.3 Å². The monoisotopic (exact) mass is 368 g/mol. The Balaban J connectivity index is 1.97. The number of carboxylic acid groups (broad SMARTS) is 1. The first-order valence-electron chi connectivity index (χ1n) is 7.11. The van der Waals surface area contributed by atoms with Gasteiger partial charge >= 0.3 is 0 Å². The van der Waals surface area contributed by atoms with Gasteiger partial charge in [-0.05, 0) is 42.0 Å². The molecule has 0 aliphatic rings. The van der Waals surface area contributed by atoms with Gasteiger partial charge in [-0.25, -0.2) is 17.5 Å². The molecule has 0 unspecified atom stereocenters. The van der Waals surface area contributed by atoms with Gasteiger partial charge in [0.1, 0.15) is 28.8 Å². The predicted octanol–water partition coefficient (Wildman–Crippen LogP) is 0.555. The number of benzene rings is 2. The third-order valence-corrected chi connectivity index (χ3v) is 4.65. The van der Waals surface area contributed by atoms with Gasteiger partial charge in [-0.2, -0.15) is 0 Å². The largest absolute Gasteiger partial charge is 0.545 e. The Morgan fingerprint density at radius 3 is 2.40 bits per heavy atom. The molecule has 0 fully saturated rings. The van der Waals surface area contributed by atoms with E-state index in [2.05, 4.69) is 4.72 Å². The van der Waals surface area contributed by atoms with E-state index in [9.17, 15) is 22.7 Å². The highest BCUT2D eigenvalue weighted by atomic mass is 32.2. The Hall–Kier alpha value is -2.65. The van der Waals surface area contributed by atoms with Crippen LogP contribution >= 0.6 is 0 Å². The molecule has 0 saturated heterocycles. The maximum atomic E-state index is 13.7. The summed E-state index contributed by atoms with van der Waals surface area (Å²) in [6.07, 6.45) is 0. The van der Waals surface area contributed by atoms with E-state index in [1.165, 1.54) is 7.11 Å². The van der Waals surface area contributed by atoms with Crippen LogP contribution in [0.15, 0.2) is 47.4 Å². The van der Waals surface area contributed by atoms with Crippen molar-refractivity contribution in [1.82, 2.24) is 4.72 Å². The molecule has 7 nitrogen and oxygen atoms in total. The van der Waals surface area contributed by atoms with Crippen molar-refractivity contribution in [1.29, 1.82) is 0 Å². The van der Waals surface area contributed by atoms with E-state index < -0.39 is 32.3 Å². The minimum absolute atomic E-state index is 0.00659. The lowest BCUT2D eigenvalue weighted by molar-refractivity contribution is -0.255. The summed E-state index contributed by atoms with van der Waals surface area (Å²) < 4.78 is 50.4. The Bertz CT molecular complexity index is 851. The Labute approximate surface area is 144 Å². The molecular formula is C16H15FNO6S-. The van der Waals surface area contributed by atoms with Crippen LogP contribution in [0.4, 0.5) is 4.39 Å². The summed E-state index contributed by atoms with van der Waals surface area (Å²) in [5.74, 6) is -1.51. The summed E-state index contributed by atoms with van der Waals surface area (Å²) in [4.78, 5) is 10.0. The van der Waals surface area contributed by atoms with Gasteiger partial charge in [0, 0.05) is 6.54 Å². The number of rotatable bonds is 8. The van der Waals surface area contributed by atoms with Crippen molar-refractivity contribution in [3.8, 4) is 11.5 Å². The normalized spacial score (nSPS) is 11.1. The minimum atomic E-state index is -4.23. The van der Waals surface area contributed by atoms with E-state index >= 15 is 0 Å². The Morgan fingerprint density at radius 1 is 1.16 bits per heavy atom. The molecule has 0 atom stereocenters. The number of ether oxygens (including phenoxy) is 2. The van der Waals surface area contributed by atoms with Crippen LogP contribution in [0.3, 0.4) is 0 Å². The van der Waals surface area contributed by atoms with Gasteiger partial charge in [-0.1, -0.05) is 6.07 Å². The number of methoxy groups -OCH3 is 1. The molecule has 2 aromatic rings. The number of sulfonamides is 1. The molecule has 2 rings (SSSR count). The van der Waals surface area contributed by atoms with Crippen LogP contribution in [-0.2, 0) is 10.0 Å². The van der Waals surface area contributed by atoms with Crippen LogP contribution in [0.2, 0.25) is 0 Å². The first-order valence-corrected chi connectivity index (χ1v) is 8.59. The second-order valence-electron chi connectivity index (χ2n) is 4.85. The SMILES string of the molecule is COc1ccc(OCCNS(=O)(=O)c2cc(C(=O)[O-])ccc2F)cc1. The molecule has 9 heteroatoms. The number of aromatic carboxylic acids is 1. The molecule has 0 spiro atoms. The third-order valence-electron chi connectivity index (χ3n) is 3.18. The maximum Gasteiger partial charge on any atom is 0.243 e. The third kappa shape index (κ3) is 4.91. The highest BCUT2D eigenvalue weighted by Gasteiger charge is 2.19. The van der Waals surface area contributed by atoms with E-state index in [1.807, 2.05) is 0 Å². The highest BCUT2D eigenvalue weighted by Crippen LogP contribution is 2.17. The van der Waals surface area contributed by atoms with Crippen molar-refractivity contribution < 1.29 is 32.2 Å². The van der Waals surface area contributed by atoms with E-state index in [0.29, 0.717) is 17.6 Å². The molecule has 134 valence electrons. The van der Waals surface area contributed by atoms with Crippen LogP contribution in [-0.4, -0.2) is 34.6 Å². The van der Waals surface area contributed by atoms with Crippen LogP contribution in [0.5, 0.6) is 11.5 Å². The standard InChI is InChI=1S/C16H16FNO6S/c1-23-12-3-5-13(6-4-12)24-9-8-18-25(21,22)15-10-11(16(19)20)2-7-14(15)17/h2-7,10,18H,8-9H2,1H3,(H,19,20)/p-1. The van der Waals surface area contributed by atoms with Gasteiger partial charge < -0.3 is 19.4 Å². The zero-order valence-corrected chi connectivity index (χ0v) is 14.0. The van der Waals surface area contributed by atoms with Crippen molar-refractivity contribution in [2.24, 2.45) is 0 Å². The zero-order chi connectivity index (χ0) is 18.4. The van der Waals surface area contributed by atoms with Crippen LogP contribution in [0, 0.1) is 5.82 Å². The fourth-order valence-corrected chi connectivity index (χ4v) is 3.05. The molecule has 0 aliphatic heterocycles. The molecule has 0 heterocycles. The van der Waals surface area contributed by atoms with Gasteiger partial charge in [0.05, 0.1) is 13.1 Å². The molecule has 0 amide bonds. The summed E-state index contributed by atoms with van der Waals surface area (Å²) in [6, 6.07) is 9.05. The second-order valence-corrected chi connectivity index (χ2v) is 6.59. The minimum Gasteiger partial charge on any atom is -0.545 e. The molecular weight excluding hydrogens is 353 g/mol. The Kier molecular flexibility index (Phi) is 5.94. The van der Waals surface area contributed by atoms with Crippen LogP contribution in [0.1, 0.15) is 10.4 Å². The lowest BCUT2D eigenvalue weighted by atomic mass is 10.2. The first kappa shape index (κ1) is 18.7. The molecule has 25 heavy (non-hydrogen) atoms. The number of carbonyl (C=O) groups is 1. The van der Waals surface area contributed by atoms with Gasteiger partial charge in [-0.3, -0.25) is 0 Å². The number of halogens is 1. The van der Waals surface area contributed by atoms with Gasteiger partial charge in [0.25, 0.3) is 0 Å². The highest BCUT2D eigenvalue weighted by molar-refractivity contribution is 7.89. The van der Waals surface area contributed by atoms with Gasteiger partial charge in [-0.15, -0.1) is 0 Å². The average molecular weight is 368 g/mol. The van der Waals surface area contributed by atoms with Gasteiger partial charge in [0.15, 0.2) is 0 Å². The summed E-state index contributed by atoms with van der Waals surface area (Å²) in [6.45, 7) is -0.142. The van der Waals surface area contributed by atoms with Crippen molar-refractivity contribution >= 4 is 16.0 Å². The zero-order valence-electron chi connectivity index (χ0n) is 13.2. The smallest absolute Gasteiger partial charge is 0.243 e. The fraction of sp³-hybridized carbons (Fsp3) is 0.188. The van der Waals surface area contributed by atoms with E-state index in [4.69, 9.17) is 9.47 Å². The van der Waals surface area contributed by atoms with Gasteiger partial charge in [0.2, 0.25) is 10.0 Å². The molecule has 0 aromatic heterocycles. The molecule has 0 radical (unpaired) electrons. The molecule has 1 N–H and O–H groups in total. The summed E-state index contributed by atoms with van der Waals surface area (Å²) >= 11 is 0. The first-order chi connectivity index (χ1) is 11.8. The number of nitrogens with one attached hydrogen (secondary N) is 1. The van der Waals surface area contributed by atoms with Crippen molar-refractivity contribution in [2.45, 2.75) is 4.90 Å². The van der Waals surface area contributed by atoms with E-state index in [0.717, 1.165) is 12.1 Å². The summed E-state index contributed by atoms with van der Waals surface area (Å²) in [7, 11) is -2.70. The number of carbonyl (C=O) groups excluding carboxylic acids is 1. The number of hydrogen-bond acceptors (Lipinski definition) is 6. The summed E-state index contributed by atoms with van der Waals surface area (Å²) in [5.41, 5.74) is -0.434. The topological polar surface area (TPSA) is 105 Å². The van der Waals surface area contributed by atoms with E-state index in [-0.39, 0.29) is 13.2 Å². The fourth-order valence-electron chi connectivity index (χ4n) is 1.93. The van der Waals surface area contributed by atoms with Crippen LogP contribution in [0.25, 0.3) is 0 Å². The maximum absolute atomic E-state index is 13.7. The Morgan fingerprint density at radius 2 is 1.80 bits per heavy atom. The summed E-state index contributed by atoms with van der Waals surface area (Å²) in [5, 5.41) is 10.8. The van der Waals surface area contributed by atoms with Crippen molar-refractivity contribution in [3.63, 3.8) is 0 Å². The molecule has 0 saturated carbocycles. The quantitative estimate of drug-likeness (QED) is 0.683. The lowest BCUT2D eigenvalue weighted by Crippen LogP contribution is -2.29. The number of carboxylic acids is 1. The molecule has 0 aliphatic carbocycles. The number of hydrogen-bond donors (Lipinski definition) is 1. The molecule has 2 aromatic carbocycles. The second kappa shape index (κ2) is 7.95.